The summed E-state index contributed by atoms with van der Waals surface area (Å²) in [4.78, 5) is 11.6. The minimum absolute atomic E-state index is 0. The van der Waals surface area contributed by atoms with E-state index in [2.05, 4.69) is 5.32 Å². The van der Waals surface area contributed by atoms with Gasteiger partial charge in [0, 0.05) is 12.0 Å². The highest BCUT2D eigenvalue weighted by Crippen LogP contribution is 2.25. The van der Waals surface area contributed by atoms with Gasteiger partial charge >= 0.3 is 0 Å². The normalized spacial score (nSPS) is 11.4. The van der Waals surface area contributed by atoms with Crippen molar-refractivity contribution in [3.63, 3.8) is 0 Å². The predicted molar refractivity (Wildman–Crippen MR) is 75.0 cm³/mol. The second-order valence-corrected chi connectivity index (χ2v) is 4.07. The van der Waals surface area contributed by atoms with Gasteiger partial charge in [0.25, 0.3) is 0 Å². The van der Waals surface area contributed by atoms with Crippen LogP contribution in [0.1, 0.15) is 31.4 Å². The van der Waals surface area contributed by atoms with Gasteiger partial charge in [-0.1, -0.05) is 0 Å². The number of nitrogens with one attached hydrogen (secondary N) is 1. The first-order chi connectivity index (χ1) is 8.58. The molecule has 0 aliphatic heterocycles. The van der Waals surface area contributed by atoms with Crippen molar-refractivity contribution < 1.29 is 13.9 Å². The zero-order chi connectivity index (χ0) is 13.5. The summed E-state index contributed by atoms with van der Waals surface area (Å²) in [5.74, 6) is 0.108. The standard InChI is InChI=1S/C13H19FN2O2.ClH/c1-9(16-13(17)4-3-7-15)11-8-10(14)5-6-12(11)18-2;/h5-6,8-9H,3-4,7,15H2,1-2H3,(H,16,17);1H. The molecule has 0 heterocycles. The number of benzene rings is 1. The fraction of sp³-hybridized carbons (Fsp3) is 0.462. The molecule has 19 heavy (non-hydrogen) atoms. The van der Waals surface area contributed by atoms with Gasteiger partial charge in [0.15, 0.2) is 0 Å². The molecular weight excluding hydrogens is 271 g/mol. The van der Waals surface area contributed by atoms with Gasteiger partial charge in [-0.3, -0.25) is 4.79 Å². The Balaban J connectivity index is 0.00000324. The molecule has 4 nitrogen and oxygen atoms in total. The number of carbonyl (C=O) groups excluding carboxylic acids is 1. The van der Waals surface area contributed by atoms with Gasteiger partial charge in [0.05, 0.1) is 13.2 Å². The van der Waals surface area contributed by atoms with Gasteiger partial charge in [-0.2, -0.15) is 0 Å². The lowest BCUT2D eigenvalue weighted by molar-refractivity contribution is -0.121. The Morgan fingerprint density at radius 2 is 2.21 bits per heavy atom. The molecular formula is C13H20ClFN2O2. The summed E-state index contributed by atoms with van der Waals surface area (Å²) in [6.45, 7) is 2.27. The molecule has 6 heteroatoms. The number of nitrogens with two attached hydrogens (primary N) is 1. The summed E-state index contributed by atoms with van der Waals surface area (Å²) in [6, 6.07) is 3.94. The molecule has 1 atom stereocenters. The molecule has 1 aromatic carbocycles. The van der Waals surface area contributed by atoms with Crippen molar-refractivity contribution in [1.29, 1.82) is 0 Å². The summed E-state index contributed by atoms with van der Waals surface area (Å²) in [7, 11) is 1.51. The number of rotatable bonds is 6. The lowest BCUT2D eigenvalue weighted by Crippen LogP contribution is -2.27. The number of amides is 1. The lowest BCUT2D eigenvalue weighted by Gasteiger charge is -2.17. The third-order valence-electron chi connectivity index (χ3n) is 2.64. The predicted octanol–water partition coefficient (Wildman–Crippen LogP) is 2.17. The molecule has 0 saturated heterocycles. The van der Waals surface area contributed by atoms with E-state index < -0.39 is 0 Å². The topological polar surface area (TPSA) is 64.3 Å². The Labute approximate surface area is 118 Å². The maximum atomic E-state index is 13.2. The second kappa shape index (κ2) is 8.72. The van der Waals surface area contributed by atoms with Crippen molar-refractivity contribution in [3.8, 4) is 5.75 Å². The Morgan fingerprint density at radius 1 is 1.53 bits per heavy atom. The first-order valence-corrected chi connectivity index (χ1v) is 5.91. The van der Waals surface area contributed by atoms with Crippen molar-refractivity contribution in [2.45, 2.75) is 25.8 Å². The molecule has 0 radical (unpaired) electrons. The second-order valence-electron chi connectivity index (χ2n) is 4.07. The van der Waals surface area contributed by atoms with Crippen LogP contribution >= 0.6 is 12.4 Å². The van der Waals surface area contributed by atoms with E-state index in [4.69, 9.17) is 10.5 Å². The van der Waals surface area contributed by atoms with E-state index in [1.54, 1.807) is 13.0 Å². The van der Waals surface area contributed by atoms with E-state index in [1.165, 1.54) is 19.2 Å². The van der Waals surface area contributed by atoms with Gasteiger partial charge < -0.3 is 15.8 Å². The van der Waals surface area contributed by atoms with Crippen LogP contribution < -0.4 is 15.8 Å². The SMILES string of the molecule is COc1ccc(F)cc1C(C)NC(=O)CCCN.Cl. The van der Waals surface area contributed by atoms with Crippen molar-refractivity contribution in [2.75, 3.05) is 13.7 Å². The van der Waals surface area contributed by atoms with Gasteiger partial charge in [0.2, 0.25) is 5.91 Å². The number of carbonyl (C=O) groups is 1. The molecule has 0 aromatic heterocycles. The number of ether oxygens (including phenoxy) is 1. The van der Waals surface area contributed by atoms with Crippen LogP contribution in [0.4, 0.5) is 4.39 Å². The molecule has 3 N–H and O–H groups in total. The highest BCUT2D eigenvalue weighted by atomic mass is 35.5. The van der Waals surface area contributed by atoms with Gasteiger partial charge in [-0.25, -0.2) is 4.39 Å². The molecule has 0 aliphatic carbocycles. The first-order valence-electron chi connectivity index (χ1n) is 5.91. The fourth-order valence-corrected chi connectivity index (χ4v) is 1.70. The summed E-state index contributed by atoms with van der Waals surface area (Å²) in [5, 5.41) is 2.79. The molecule has 1 aromatic rings. The van der Waals surface area contributed by atoms with Crippen molar-refractivity contribution >= 4 is 18.3 Å². The highest BCUT2D eigenvalue weighted by Gasteiger charge is 2.14. The Morgan fingerprint density at radius 3 is 2.79 bits per heavy atom. The molecule has 0 saturated carbocycles. The molecule has 1 amide bonds. The van der Waals surface area contributed by atoms with Crippen LogP contribution in [0, 0.1) is 5.82 Å². The molecule has 0 bridgehead atoms. The molecule has 0 aliphatic rings. The van der Waals surface area contributed by atoms with Crippen LogP contribution in [0.5, 0.6) is 5.75 Å². The summed E-state index contributed by atoms with van der Waals surface area (Å²) in [5.41, 5.74) is 5.96. The number of halogens is 2. The van der Waals surface area contributed by atoms with E-state index >= 15 is 0 Å². The van der Waals surface area contributed by atoms with Crippen LogP contribution in [0.15, 0.2) is 18.2 Å². The summed E-state index contributed by atoms with van der Waals surface area (Å²) in [6.07, 6.45) is 1.01. The highest BCUT2D eigenvalue weighted by molar-refractivity contribution is 5.85. The van der Waals surface area contributed by atoms with E-state index in [9.17, 15) is 9.18 Å². The average molecular weight is 291 g/mol. The summed E-state index contributed by atoms with van der Waals surface area (Å²) < 4.78 is 18.3. The molecule has 108 valence electrons. The van der Waals surface area contributed by atoms with Crippen LogP contribution in [0.3, 0.4) is 0 Å². The average Bonchev–Trinajstić information content (AvgIpc) is 2.36. The maximum Gasteiger partial charge on any atom is 0.220 e. The number of methoxy groups -OCH3 is 1. The molecule has 0 spiro atoms. The van der Waals surface area contributed by atoms with Crippen molar-refractivity contribution in [2.24, 2.45) is 5.73 Å². The number of hydrogen-bond donors (Lipinski definition) is 2. The fourth-order valence-electron chi connectivity index (χ4n) is 1.70. The molecule has 1 rings (SSSR count). The van der Waals surface area contributed by atoms with Crippen LogP contribution in [-0.4, -0.2) is 19.6 Å². The lowest BCUT2D eigenvalue weighted by atomic mass is 10.1. The largest absolute Gasteiger partial charge is 0.496 e. The Hall–Kier alpha value is -1.33. The zero-order valence-corrected chi connectivity index (χ0v) is 11.9. The monoisotopic (exact) mass is 290 g/mol. The van der Waals surface area contributed by atoms with Crippen molar-refractivity contribution in [3.05, 3.63) is 29.6 Å². The first kappa shape index (κ1) is 17.7. The smallest absolute Gasteiger partial charge is 0.220 e. The van der Waals surface area contributed by atoms with Crippen LogP contribution in [0.25, 0.3) is 0 Å². The Bertz CT molecular complexity index is 416. The van der Waals surface area contributed by atoms with Crippen molar-refractivity contribution in [1.82, 2.24) is 5.32 Å². The molecule has 1 unspecified atom stereocenters. The minimum atomic E-state index is -0.353. The van der Waals surface area contributed by atoms with Crippen LogP contribution in [-0.2, 0) is 4.79 Å². The Kier molecular flexibility index (Phi) is 8.11. The minimum Gasteiger partial charge on any atom is -0.496 e. The third kappa shape index (κ3) is 5.44. The quantitative estimate of drug-likeness (QED) is 0.844. The van der Waals surface area contributed by atoms with Crippen LogP contribution in [0.2, 0.25) is 0 Å². The van der Waals surface area contributed by atoms with E-state index in [0.717, 1.165) is 0 Å². The molecule has 0 fully saturated rings. The van der Waals surface area contributed by atoms with Gasteiger partial charge in [-0.05, 0) is 38.1 Å². The number of hydrogen-bond acceptors (Lipinski definition) is 3. The van der Waals surface area contributed by atoms with Gasteiger partial charge in [-0.15, -0.1) is 12.4 Å². The maximum absolute atomic E-state index is 13.2. The third-order valence-corrected chi connectivity index (χ3v) is 2.64. The van der Waals surface area contributed by atoms with E-state index in [-0.39, 0.29) is 30.2 Å². The summed E-state index contributed by atoms with van der Waals surface area (Å²) >= 11 is 0. The van der Waals surface area contributed by atoms with E-state index in [1.807, 2.05) is 0 Å². The van der Waals surface area contributed by atoms with E-state index in [0.29, 0.717) is 30.7 Å². The zero-order valence-electron chi connectivity index (χ0n) is 11.1. The van der Waals surface area contributed by atoms with Gasteiger partial charge in [0.1, 0.15) is 11.6 Å².